The smallest absolute Gasteiger partial charge is 0.329 e. The second kappa shape index (κ2) is 5.38. The van der Waals surface area contributed by atoms with Gasteiger partial charge in [0, 0.05) is 22.6 Å². The quantitative estimate of drug-likeness (QED) is 0.731. The van der Waals surface area contributed by atoms with Gasteiger partial charge in [0.05, 0.1) is 20.8 Å². The van der Waals surface area contributed by atoms with Crippen molar-refractivity contribution in [2.45, 2.75) is 18.5 Å². The first-order valence-electron chi connectivity index (χ1n) is 6.81. The number of H-pyrrole nitrogens is 1. The Morgan fingerprint density at radius 3 is 2.90 bits per heavy atom. The maximum Gasteiger partial charge on any atom is 0.329 e. The number of esters is 1. The number of aromatic nitrogens is 1. The molecule has 0 bridgehead atoms. The van der Waals surface area contributed by atoms with Gasteiger partial charge in [-0.2, -0.15) is 0 Å². The molecule has 1 aliphatic rings. The molecule has 1 aromatic carbocycles. The molecular formula is C15H18N2O4. The monoisotopic (exact) mass is 290 g/mol. The molecule has 112 valence electrons. The Morgan fingerprint density at radius 2 is 2.24 bits per heavy atom. The Hall–Kier alpha value is -2.05. The van der Waals surface area contributed by atoms with Crippen LogP contribution in [0.3, 0.4) is 0 Å². The third-order valence-corrected chi connectivity index (χ3v) is 3.95. The lowest BCUT2D eigenvalue weighted by atomic mass is 9.94. The molecular weight excluding hydrogens is 272 g/mol. The van der Waals surface area contributed by atoms with Gasteiger partial charge in [0.15, 0.2) is 0 Å². The van der Waals surface area contributed by atoms with E-state index in [2.05, 4.69) is 10.3 Å². The number of methoxy groups -OCH3 is 2. The maximum absolute atomic E-state index is 12.0. The van der Waals surface area contributed by atoms with E-state index in [4.69, 9.17) is 9.47 Å². The van der Waals surface area contributed by atoms with Crippen LogP contribution >= 0.6 is 0 Å². The SMILES string of the molecule is COC(=O)C1NC(CO)Cc2c1[nH]c1ccc(OC)cc21. The van der Waals surface area contributed by atoms with Gasteiger partial charge in [0.2, 0.25) is 0 Å². The standard InChI is InChI=1S/C15H18N2O4/c1-20-9-3-4-12-10(6-9)11-5-8(7-18)16-14(13(11)17-12)15(19)21-2/h3-4,6,8,14,16-18H,5,7H2,1-2H3. The normalized spacial score (nSPS) is 21.1. The molecule has 0 spiro atoms. The molecule has 6 heteroatoms. The van der Waals surface area contributed by atoms with E-state index < -0.39 is 6.04 Å². The molecule has 2 unspecified atom stereocenters. The van der Waals surface area contributed by atoms with Gasteiger partial charge in [-0.1, -0.05) is 0 Å². The first kappa shape index (κ1) is 13.9. The number of hydrogen-bond acceptors (Lipinski definition) is 5. The summed E-state index contributed by atoms with van der Waals surface area (Å²) in [5.74, 6) is 0.394. The van der Waals surface area contributed by atoms with Crippen molar-refractivity contribution in [2.75, 3.05) is 20.8 Å². The van der Waals surface area contributed by atoms with Crippen molar-refractivity contribution < 1.29 is 19.4 Å². The number of aliphatic hydroxyl groups is 1. The average molecular weight is 290 g/mol. The Labute approximate surface area is 122 Å². The number of rotatable bonds is 3. The summed E-state index contributed by atoms with van der Waals surface area (Å²) in [4.78, 5) is 15.3. The number of benzene rings is 1. The summed E-state index contributed by atoms with van der Waals surface area (Å²) in [6.07, 6.45) is 0.645. The van der Waals surface area contributed by atoms with Crippen LogP contribution in [0.2, 0.25) is 0 Å². The van der Waals surface area contributed by atoms with Gasteiger partial charge in [0.25, 0.3) is 0 Å². The van der Waals surface area contributed by atoms with E-state index in [-0.39, 0.29) is 18.6 Å². The number of carbonyl (C=O) groups is 1. The molecule has 2 heterocycles. The van der Waals surface area contributed by atoms with E-state index in [0.717, 1.165) is 27.9 Å². The van der Waals surface area contributed by atoms with Crippen LogP contribution in [-0.2, 0) is 16.0 Å². The van der Waals surface area contributed by atoms with E-state index in [0.29, 0.717) is 6.42 Å². The summed E-state index contributed by atoms with van der Waals surface area (Å²) in [6.45, 7) is -0.0381. The Balaban J connectivity index is 2.15. The van der Waals surface area contributed by atoms with E-state index in [1.165, 1.54) is 7.11 Å². The predicted octanol–water partition coefficient (Wildman–Crippen LogP) is 0.897. The molecule has 6 nitrogen and oxygen atoms in total. The summed E-state index contributed by atoms with van der Waals surface area (Å²) < 4.78 is 10.1. The molecule has 3 rings (SSSR count). The molecule has 21 heavy (non-hydrogen) atoms. The van der Waals surface area contributed by atoms with Crippen LogP contribution in [0.15, 0.2) is 18.2 Å². The third-order valence-electron chi connectivity index (χ3n) is 3.95. The van der Waals surface area contributed by atoms with E-state index in [1.807, 2.05) is 18.2 Å². The second-order valence-electron chi connectivity index (χ2n) is 5.14. The van der Waals surface area contributed by atoms with Crippen molar-refractivity contribution in [3.8, 4) is 5.75 Å². The molecule has 1 aliphatic heterocycles. The second-order valence-corrected chi connectivity index (χ2v) is 5.14. The van der Waals surface area contributed by atoms with Crippen LogP contribution in [0.1, 0.15) is 17.3 Å². The Bertz CT molecular complexity index is 680. The maximum atomic E-state index is 12.0. The first-order valence-corrected chi connectivity index (χ1v) is 6.81. The highest BCUT2D eigenvalue weighted by Gasteiger charge is 2.34. The third kappa shape index (κ3) is 2.26. The molecule has 0 saturated carbocycles. The van der Waals surface area contributed by atoms with Gasteiger partial charge in [0.1, 0.15) is 11.8 Å². The van der Waals surface area contributed by atoms with Gasteiger partial charge in [-0.25, -0.2) is 4.79 Å². The van der Waals surface area contributed by atoms with Gasteiger partial charge in [-0.15, -0.1) is 0 Å². The van der Waals surface area contributed by atoms with Crippen LogP contribution < -0.4 is 10.1 Å². The van der Waals surface area contributed by atoms with Crippen molar-refractivity contribution in [3.05, 3.63) is 29.5 Å². The fraction of sp³-hybridized carbons (Fsp3) is 0.400. The molecule has 2 aromatic rings. The van der Waals surface area contributed by atoms with E-state index in [9.17, 15) is 9.90 Å². The van der Waals surface area contributed by atoms with Crippen molar-refractivity contribution in [2.24, 2.45) is 0 Å². The molecule has 1 aromatic heterocycles. The minimum Gasteiger partial charge on any atom is -0.497 e. The minimum atomic E-state index is -0.589. The molecule has 0 aliphatic carbocycles. The summed E-state index contributed by atoms with van der Waals surface area (Å²) in [6, 6.07) is 4.98. The lowest BCUT2D eigenvalue weighted by Crippen LogP contribution is -2.45. The number of aliphatic hydroxyl groups excluding tert-OH is 1. The number of aromatic amines is 1. The first-order chi connectivity index (χ1) is 10.2. The fourth-order valence-electron chi connectivity index (χ4n) is 2.89. The molecule has 3 N–H and O–H groups in total. The summed E-state index contributed by atoms with van der Waals surface area (Å²) in [5, 5.41) is 13.6. The number of carbonyl (C=O) groups excluding carboxylic acids is 1. The molecule has 0 saturated heterocycles. The van der Waals surface area contributed by atoms with Gasteiger partial charge >= 0.3 is 5.97 Å². The number of hydrogen-bond donors (Lipinski definition) is 3. The minimum absolute atomic E-state index is 0.0381. The number of ether oxygens (including phenoxy) is 2. The Morgan fingerprint density at radius 1 is 1.43 bits per heavy atom. The van der Waals surface area contributed by atoms with Crippen LogP contribution in [0.25, 0.3) is 10.9 Å². The van der Waals surface area contributed by atoms with Gasteiger partial charge in [-0.05, 0) is 30.2 Å². The van der Waals surface area contributed by atoms with Crippen molar-refractivity contribution in [3.63, 3.8) is 0 Å². The fourth-order valence-corrected chi connectivity index (χ4v) is 2.89. The predicted molar refractivity (Wildman–Crippen MR) is 77.3 cm³/mol. The van der Waals surface area contributed by atoms with Crippen LogP contribution in [0.5, 0.6) is 5.75 Å². The van der Waals surface area contributed by atoms with Crippen LogP contribution in [0.4, 0.5) is 0 Å². The average Bonchev–Trinajstić information content (AvgIpc) is 2.90. The summed E-state index contributed by atoms with van der Waals surface area (Å²) in [7, 11) is 2.98. The lowest BCUT2D eigenvalue weighted by Gasteiger charge is -2.28. The van der Waals surface area contributed by atoms with E-state index >= 15 is 0 Å². The zero-order valence-corrected chi connectivity index (χ0v) is 12.0. The number of nitrogens with one attached hydrogen (secondary N) is 2. The zero-order chi connectivity index (χ0) is 15.0. The van der Waals surface area contributed by atoms with Gasteiger partial charge in [-0.3, -0.25) is 5.32 Å². The summed E-state index contributed by atoms with van der Waals surface area (Å²) in [5.41, 5.74) is 2.77. The highest BCUT2D eigenvalue weighted by Crippen LogP contribution is 2.34. The molecule has 0 amide bonds. The Kier molecular flexibility index (Phi) is 3.57. The topological polar surface area (TPSA) is 83.6 Å². The highest BCUT2D eigenvalue weighted by atomic mass is 16.5. The summed E-state index contributed by atoms with van der Waals surface area (Å²) >= 11 is 0. The number of fused-ring (bicyclic) bond motifs is 3. The lowest BCUT2D eigenvalue weighted by molar-refractivity contribution is -0.144. The van der Waals surface area contributed by atoms with Crippen LogP contribution in [0, 0.1) is 0 Å². The highest BCUT2D eigenvalue weighted by molar-refractivity contribution is 5.89. The van der Waals surface area contributed by atoms with Crippen molar-refractivity contribution >= 4 is 16.9 Å². The molecule has 0 radical (unpaired) electrons. The molecule has 2 atom stereocenters. The van der Waals surface area contributed by atoms with E-state index in [1.54, 1.807) is 7.11 Å². The molecule has 0 fully saturated rings. The largest absolute Gasteiger partial charge is 0.497 e. The van der Waals surface area contributed by atoms with Crippen LogP contribution in [-0.4, -0.2) is 42.9 Å². The zero-order valence-electron chi connectivity index (χ0n) is 12.0. The van der Waals surface area contributed by atoms with Crippen molar-refractivity contribution in [1.82, 2.24) is 10.3 Å². The van der Waals surface area contributed by atoms with Gasteiger partial charge < -0.3 is 19.6 Å². The van der Waals surface area contributed by atoms with Crippen molar-refractivity contribution in [1.29, 1.82) is 0 Å².